The molecule has 0 saturated heterocycles. The lowest BCUT2D eigenvalue weighted by molar-refractivity contribution is -0.142. The predicted octanol–water partition coefficient (Wildman–Crippen LogP) is 4.12. The van der Waals surface area contributed by atoms with E-state index in [0.717, 1.165) is 5.56 Å². The molecule has 1 atom stereocenters. The number of nitrogens with zero attached hydrogens (tertiary/aromatic N) is 1. The molecule has 0 aliphatic rings. The fourth-order valence-electron chi connectivity index (χ4n) is 3.41. The van der Waals surface area contributed by atoms with Crippen LogP contribution in [0.3, 0.4) is 0 Å². The number of carbonyl (C=O) groups is 2. The minimum atomic E-state index is -0.878. The van der Waals surface area contributed by atoms with Gasteiger partial charge in [0.15, 0.2) is 6.61 Å². The Morgan fingerprint density at radius 3 is 2.27 bits per heavy atom. The van der Waals surface area contributed by atoms with Gasteiger partial charge in [-0.1, -0.05) is 48.5 Å². The van der Waals surface area contributed by atoms with Gasteiger partial charge in [-0.2, -0.15) is 0 Å². The van der Waals surface area contributed by atoms with Crippen molar-refractivity contribution in [2.75, 3.05) is 13.2 Å². The minimum absolute atomic E-state index is 0.104. The van der Waals surface area contributed by atoms with Crippen LogP contribution in [-0.4, -0.2) is 35.9 Å². The monoisotopic (exact) mass is 452 g/mol. The second kappa shape index (κ2) is 11.8. The first-order valence-corrected chi connectivity index (χ1v) is 10.7. The number of halogens is 2. The van der Waals surface area contributed by atoms with E-state index in [0.29, 0.717) is 12.3 Å². The summed E-state index contributed by atoms with van der Waals surface area (Å²) in [5.74, 6) is -1.41. The van der Waals surface area contributed by atoms with Crippen LogP contribution in [0.25, 0.3) is 0 Å². The zero-order valence-corrected chi connectivity index (χ0v) is 18.3. The molecule has 0 aliphatic heterocycles. The molecule has 0 aromatic heterocycles. The van der Waals surface area contributed by atoms with Gasteiger partial charge in [-0.25, -0.2) is 8.78 Å². The molecule has 0 fully saturated rings. The topological polar surface area (TPSA) is 58.6 Å². The first-order valence-electron chi connectivity index (χ1n) is 10.7. The maximum absolute atomic E-state index is 14.4. The van der Waals surface area contributed by atoms with Crippen LogP contribution >= 0.6 is 0 Å². The second-order valence-corrected chi connectivity index (χ2v) is 7.46. The van der Waals surface area contributed by atoms with Gasteiger partial charge in [-0.15, -0.1) is 0 Å². The highest BCUT2D eigenvalue weighted by molar-refractivity contribution is 5.88. The molecule has 0 heterocycles. The number of benzene rings is 3. The SMILES string of the molecule is CCNC(=O)[C@@H](Cc1ccccc1)N(Cc1ccccc1F)C(=O)COc1ccc(F)cc1. The lowest BCUT2D eigenvalue weighted by Crippen LogP contribution is -2.51. The summed E-state index contributed by atoms with van der Waals surface area (Å²) < 4.78 is 33.1. The van der Waals surface area contributed by atoms with Crippen LogP contribution in [0, 0.1) is 11.6 Å². The average Bonchev–Trinajstić information content (AvgIpc) is 2.82. The molecule has 7 heteroatoms. The molecule has 5 nitrogen and oxygen atoms in total. The van der Waals surface area contributed by atoms with E-state index in [1.165, 1.54) is 35.2 Å². The summed E-state index contributed by atoms with van der Waals surface area (Å²) in [5.41, 5.74) is 1.15. The predicted molar refractivity (Wildman–Crippen MR) is 121 cm³/mol. The van der Waals surface area contributed by atoms with E-state index >= 15 is 0 Å². The van der Waals surface area contributed by atoms with Crippen molar-refractivity contribution >= 4 is 11.8 Å². The van der Waals surface area contributed by atoms with Gasteiger partial charge >= 0.3 is 0 Å². The molecule has 172 valence electrons. The van der Waals surface area contributed by atoms with Gasteiger partial charge in [0, 0.05) is 25.1 Å². The summed E-state index contributed by atoms with van der Waals surface area (Å²) in [6, 6.07) is 19.8. The van der Waals surface area contributed by atoms with Crippen LogP contribution < -0.4 is 10.1 Å². The number of carbonyl (C=O) groups excluding carboxylic acids is 2. The average molecular weight is 453 g/mol. The Morgan fingerprint density at radius 1 is 0.939 bits per heavy atom. The standard InChI is InChI=1S/C26H26F2N2O3/c1-2-29-26(32)24(16-19-8-4-3-5-9-19)30(17-20-10-6-7-11-23(20)28)25(31)18-33-22-14-12-21(27)13-15-22/h3-15,24H,2,16-18H2,1H3,(H,29,32)/t24-/m1/s1. The summed E-state index contributed by atoms with van der Waals surface area (Å²) in [6.45, 7) is 1.69. The molecule has 0 spiro atoms. The van der Waals surface area contributed by atoms with Crippen LogP contribution in [0.5, 0.6) is 5.75 Å². The molecule has 2 amide bonds. The van der Waals surface area contributed by atoms with E-state index in [9.17, 15) is 18.4 Å². The van der Waals surface area contributed by atoms with Gasteiger partial charge in [0.25, 0.3) is 5.91 Å². The quantitative estimate of drug-likeness (QED) is 0.504. The van der Waals surface area contributed by atoms with Crippen LogP contribution in [-0.2, 0) is 22.6 Å². The third-order valence-corrected chi connectivity index (χ3v) is 5.10. The Bertz CT molecular complexity index is 1060. The Morgan fingerprint density at radius 2 is 1.61 bits per heavy atom. The maximum Gasteiger partial charge on any atom is 0.261 e. The Kier molecular flexibility index (Phi) is 8.52. The van der Waals surface area contributed by atoms with Gasteiger partial charge < -0.3 is 15.0 Å². The number of ether oxygens (including phenoxy) is 1. The molecule has 0 aliphatic carbocycles. The zero-order chi connectivity index (χ0) is 23.6. The summed E-state index contributed by atoms with van der Waals surface area (Å²) in [7, 11) is 0. The van der Waals surface area contributed by atoms with Crippen molar-refractivity contribution in [2.24, 2.45) is 0 Å². The highest BCUT2D eigenvalue weighted by Gasteiger charge is 2.31. The highest BCUT2D eigenvalue weighted by Crippen LogP contribution is 2.18. The van der Waals surface area contributed by atoms with E-state index in [1.807, 2.05) is 30.3 Å². The lowest BCUT2D eigenvalue weighted by Gasteiger charge is -2.31. The third kappa shape index (κ3) is 6.87. The number of hydrogen-bond acceptors (Lipinski definition) is 3. The van der Waals surface area contributed by atoms with E-state index in [2.05, 4.69) is 5.32 Å². The molecule has 3 aromatic carbocycles. The molecule has 0 saturated carbocycles. The van der Waals surface area contributed by atoms with Crippen LogP contribution in [0.4, 0.5) is 8.78 Å². The number of amides is 2. The van der Waals surface area contributed by atoms with E-state index in [1.54, 1.807) is 25.1 Å². The Balaban J connectivity index is 1.89. The van der Waals surface area contributed by atoms with Gasteiger partial charge in [0.2, 0.25) is 5.91 Å². The fraction of sp³-hybridized carbons (Fsp3) is 0.231. The molecule has 1 N–H and O–H groups in total. The molecule has 0 bridgehead atoms. The van der Waals surface area contributed by atoms with Gasteiger partial charge in [0.05, 0.1) is 0 Å². The van der Waals surface area contributed by atoms with Crippen LogP contribution in [0.2, 0.25) is 0 Å². The highest BCUT2D eigenvalue weighted by atomic mass is 19.1. The van der Waals surface area contributed by atoms with Crippen LogP contribution in [0.1, 0.15) is 18.1 Å². The summed E-state index contributed by atoms with van der Waals surface area (Å²) in [6.07, 6.45) is 0.253. The lowest BCUT2D eigenvalue weighted by atomic mass is 10.0. The normalized spacial score (nSPS) is 11.5. The van der Waals surface area contributed by atoms with Crippen molar-refractivity contribution in [1.82, 2.24) is 10.2 Å². The molecule has 33 heavy (non-hydrogen) atoms. The molecule has 0 radical (unpaired) electrons. The van der Waals surface area contributed by atoms with E-state index in [4.69, 9.17) is 4.74 Å². The number of likely N-dealkylation sites (N-methyl/N-ethyl adjacent to an activating group) is 1. The first kappa shape index (κ1) is 23.9. The summed E-state index contributed by atoms with van der Waals surface area (Å²) in [4.78, 5) is 27.6. The van der Waals surface area contributed by atoms with Crippen molar-refractivity contribution in [3.8, 4) is 5.75 Å². The van der Waals surface area contributed by atoms with Crippen molar-refractivity contribution in [3.63, 3.8) is 0 Å². The third-order valence-electron chi connectivity index (χ3n) is 5.10. The maximum atomic E-state index is 14.4. The van der Waals surface area contributed by atoms with Gasteiger partial charge in [-0.05, 0) is 42.8 Å². The van der Waals surface area contributed by atoms with Crippen molar-refractivity contribution in [1.29, 1.82) is 0 Å². The molecule has 3 rings (SSSR count). The van der Waals surface area contributed by atoms with Gasteiger partial charge in [-0.3, -0.25) is 9.59 Å². The van der Waals surface area contributed by atoms with E-state index < -0.39 is 23.6 Å². The molecular formula is C26H26F2N2O3. The molecule has 3 aromatic rings. The summed E-state index contributed by atoms with van der Waals surface area (Å²) >= 11 is 0. The second-order valence-electron chi connectivity index (χ2n) is 7.46. The van der Waals surface area contributed by atoms with Crippen molar-refractivity contribution in [3.05, 3.63) is 102 Å². The first-order chi connectivity index (χ1) is 16.0. The van der Waals surface area contributed by atoms with Gasteiger partial charge in [0.1, 0.15) is 23.4 Å². The van der Waals surface area contributed by atoms with Crippen LogP contribution in [0.15, 0.2) is 78.9 Å². The molecule has 0 unspecified atom stereocenters. The smallest absolute Gasteiger partial charge is 0.261 e. The Hall–Kier alpha value is -3.74. The van der Waals surface area contributed by atoms with Crippen molar-refractivity contribution < 1.29 is 23.1 Å². The number of nitrogens with one attached hydrogen (secondary N) is 1. The number of rotatable bonds is 10. The fourth-order valence-corrected chi connectivity index (χ4v) is 3.41. The molecular weight excluding hydrogens is 426 g/mol. The zero-order valence-electron chi connectivity index (χ0n) is 18.3. The number of hydrogen-bond donors (Lipinski definition) is 1. The van der Waals surface area contributed by atoms with E-state index in [-0.39, 0.29) is 31.0 Å². The summed E-state index contributed by atoms with van der Waals surface area (Å²) in [5, 5.41) is 2.77. The Labute approximate surface area is 192 Å². The van der Waals surface area contributed by atoms with Crippen molar-refractivity contribution in [2.45, 2.75) is 25.9 Å². The minimum Gasteiger partial charge on any atom is -0.484 e. The largest absolute Gasteiger partial charge is 0.484 e.